The predicted octanol–water partition coefficient (Wildman–Crippen LogP) is 0.708. The van der Waals surface area contributed by atoms with Gasteiger partial charge in [-0.3, -0.25) is 4.79 Å². The Bertz CT molecular complexity index is 544. The highest BCUT2D eigenvalue weighted by molar-refractivity contribution is 7.15. The van der Waals surface area contributed by atoms with Crippen LogP contribution in [0.1, 0.15) is 23.0 Å². The second-order valence-electron chi connectivity index (χ2n) is 3.86. The molecule has 0 fully saturated rings. The molecule has 0 unspecified atom stereocenters. The number of aliphatic hydroxyl groups is 1. The lowest BCUT2D eigenvalue weighted by Gasteiger charge is -2.16. The fraction of sp³-hybridized carbons (Fsp3) is 0.250. The molecule has 7 heteroatoms. The molecule has 1 heterocycles. The number of rotatable bonds is 5. The Hall–Kier alpha value is -1.99. The molecule has 6 nitrogen and oxygen atoms in total. The summed E-state index contributed by atoms with van der Waals surface area (Å²) in [6.45, 7) is -0.189. The molecule has 0 radical (unpaired) electrons. The van der Waals surface area contributed by atoms with E-state index < -0.39 is 6.04 Å². The van der Waals surface area contributed by atoms with Gasteiger partial charge in [0.1, 0.15) is 11.0 Å². The fourth-order valence-corrected chi connectivity index (χ4v) is 2.32. The van der Waals surface area contributed by atoms with Crippen molar-refractivity contribution in [3.05, 3.63) is 40.9 Å². The summed E-state index contributed by atoms with van der Waals surface area (Å²) in [6, 6.07) is 9.04. The molecule has 2 rings (SSSR count). The Balaban J connectivity index is 2.26. The first kappa shape index (κ1) is 13.4. The highest BCUT2D eigenvalue weighted by atomic mass is 32.1. The van der Waals surface area contributed by atoms with E-state index in [2.05, 4.69) is 15.5 Å². The molecule has 1 aromatic carbocycles. The van der Waals surface area contributed by atoms with Crippen LogP contribution in [0.4, 0.5) is 5.13 Å². The van der Waals surface area contributed by atoms with Gasteiger partial charge in [-0.05, 0) is 5.56 Å². The molecule has 0 bridgehead atoms. The highest BCUT2D eigenvalue weighted by Crippen LogP contribution is 2.25. The molecule has 100 valence electrons. The third-order valence-corrected chi connectivity index (χ3v) is 3.30. The van der Waals surface area contributed by atoms with Crippen LogP contribution >= 0.6 is 11.3 Å². The Morgan fingerprint density at radius 3 is 2.68 bits per heavy atom. The maximum Gasteiger partial charge on any atom is 0.223 e. The molecule has 0 aliphatic heterocycles. The molecule has 0 saturated heterocycles. The van der Waals surface area contributed by atoms with Crippen molar-refractivity contribution in [2.24, 2.45) is 0 Å². The van der Waals surface area contributed by atoms with Crippen LogP contribution in [0.3, 0.4) is 0 Å². The lowest BCUT2D eigenvalue weighted by atomic mass is 10.1. The standard InChI is InChI=1S/C12H14N4O2S/c13-12-16-15-11(19-12)10(14-9(18)6-7-17)8-4-2-1-3-5-8/h1-5,10,17H,6-7H2,(H2,13,16)(H,14,18)/t10-/m1/s1. The van der Waals surface area contributed by atoms with Crippen LogP contribution in [-0.4, -0.2) is 27.8 Å². The summed E-state index contributed by atoms with van der Waals surface area (Å²) in [5.41, 5.74) is 6.47. The van der Waals surface area contributed by atoms with Crippen molar-refractivity contribution < 1.29 is 9.90 Å². The average molecular weight is 278 g/mol. The van der Waals surface area contributed by atoms with Crippen molar-refractivity contribution >= 4 is 22.4 Å². The molecular weight excluding hydrogens is 264 g/mol. The highest BCUT2D eigenvalue weighted by Gasteiger charge is 2.20. The normalized spacial score (nSPS) is 12.1. The molecule has 1 atom stereocenters. The van der Waals surface area contributed by atoms with Gasteiger partial charge in [0.05, 0.1) is 6.61 Å². The number of hydrogen-bond donors (Lipinski definition) is 3. The summed E-state index contributed by atoms with van der Waals surface area (Å²) >= 11 is 1.23. The van der Waals surface area contributed by atoms with Gasteiger partial charge >= 0.3 is 0 Å². The number of hydrogen-bond acceptors (Lipinski definition) is 6. The zero-order valence-corrected chi connectivity index (χ0v) is 10.9. The van der Waals surface area contributed by atoms with E-state index in [1.54, 1.807) is 0 Å². The third-order valence-electron chi connectivity index (χ3n) is 2.48. The topological polar surface area (TPSA) is 101 Å². The van der Waals surface area contributed by atoms with Crippen LogP contribution in [0.5, 0.6) is 0 Å². The van der Waals surface area contributed by atoms with E-state index in [-0.39, 0.29) is 18.9 Å². The van der Waals surface area contributed by atoms with Crippen molar-refractivity contribution in [1.29, 1.82) is 0 Å². The Morgan fingerprint density at radius 2 is 2.11 bits per heavy atom. The predicted molar refractivity (Wildman–Crippen MR) is 72.5 cm³/mol. The smallest absolute Gasteiger partial charge is 0.223 e. The fourth-order valence-electron chi connectivity index (χ4n) is 1.63. The van der Waals surface area contributed by atoms with E-state index >= 15 is 0 Å². The van der Waals surface area contributed by atoms with Gasteiger partial charge in [0.15, 0.2) is 0 Å². The molecule has 0 aliphatic carbocycles. The second kappa shape index (κ2) is 6.26. The number of aliphatic hydroxyl groups excluding tert-OH is 1. The first-order chi connectivity index (χ1) is 9.20. The second-order valence-corrected chi connectivity index (χ2v) is 4.90. The van der Waals surface area contributed by atoms with Gasteiger partial charge in [-0.25, -0.2) is 0 Å². The minimum atomic E-state index is -0.393. The van der Waals surface area contributed by atoms with Gasteiger partial charge in [0, 0.05) is 6.42 Å². The average Bonchev–Trinajstić information content (AvgIpc) is 2.84. The van der Waals surface area contributed by atoms with Crippen LogP contribution in [0, 0.1) is 0 Å². The Morgan fingerprint density at radius 1 is 1.37 bits per heavy atom. The van der Waals surface area contributed by atoms with Crippen LogP contribution in [0.2, 0.25) is 0 Å². The van der Waals surface area contributed by atoms with Gasteiger partial charge in [0.2, 0.25) is 11.0 Å². The van der Waals surface area contributed by atoms with Crippen LogP contribution in [0.25, 0.3) is 0 Å². The van der Waals surface area contributed by atoms with Gasteiger partial charge in [-0.15, -0.1) is 10.2 Å². The monoisotopic (exact) mass is 278 g/mol. The van der Waals surface area contributed by atoms with Crippen molar-refractivity contribution in [3.63, 3.8) is 0 Å². The van der Waals surface area contributed by atoms with Crippen molar-refractivity contribution in [2.75, 3.05) is 12.3 Å². The number of nitrogens with two attached hydrogens (primary N) is 1. The lowest BCUT2D eigenvalue weighted by molar-refractivity contribution is -0.122. The molecule has 2 aromatic rings. The zero-order valence-electron chi connectivity index (χ0n) is 10.1. The molecular formula is C12H14N4O2S. The minimum absolute atomic E-state index is 0.0532. The first-order valence-corrected chi connectivity index (χ1v) is 6.56. The summed E-state index contributed by atoms with van der Waals surface area (Å²) in [4.78, 5) is 11.7. The number of nitrogen functional groups attached to an aromatic ring is 1. The number of aromatic nitrogens is 2. The summed E-state index contributed by atoms with van der Waals surface area (Å²) in [6.07, 6.45) is 0.0532. The quantitative estimate of drug-likeness (QED) is 0.747. The summed E-state index contributed by atoms with van der Waals surface area (Å²) in [7, 11) is 0. The number of nitrogens with zero attached hydrogens (tertiary/aromatic N) is 2. The molecule has 0 aliphatic rings. The molecule has 0 spiro atoms. The molecule has 0 saturated carbocycles. The zero-order chi connectivity index (χ0) is 13.7. The summed E-state index contributed by atoms with van der Waals surface area (Å²) in [5.74, 6) is -0.245. The SMILES string of the molecule is Nc1nnc([C@H](NC(=O)CCO)c2ccccc2)s1. The van der Waals surface area contributed by atoms with Crippen LogP contribution in [0.15, 0.2) is 30.3 Å². The number of carbonyl (C=O) groups is 1. The van der Waals surface area contributed by atoms with Gasteiger partial charge in [0.25, 0.3) is 0 Å². The van der Waals surface area contributed by atoms with E-state index in [9.17, 15) is 4.79 Å². The maximum atomic E-state index is 11.7. The van der Waals surface area contributed by atoms with E-state index in [1.807, 2.05) is 30.3 Å². The number of nitrogens with one attached hydrogen (secondary N) is 1. The number of anilines is 1. The van der Waals surface area contributed by atoms with Gasteiger partial charge in [-0.1, -0.05) is 41.7 Å². The molecule has 4 N–H and O–H groups in total. The number of benzene rings is 1. The lowest BCUT2D eigenvalue weighted by Crippen LogP contribution is -2.29. The summed E-state index contributed by atoms with van der Waals surface area (Å²) < 4.78 is 0. The Labute approximate surface area is 114 Å². The summed E-state index contributed by atoms with van der Waals surface area (Å²) in [5, 5.41) is 20.3. The van der Waals surface area contributed by atoms with Crippen LogP contribution < -0.4 is 11.1 Å². The number of amides is 1. The van der Waals surface area contributed by atoms with Gasteiger partial charge < -0.3 is 16.2 Å². The van der Waals surface area contributed by atoms with Crippen molar-refractivity contribution in [3.8, 4) is 0 Å². The third kappa shape index (κ3) is 3.49. The van der Waals surface area contributed by atoms with E-state index in [0.717, 1.165) is 5.56 Å². The van der Waals surface area contributed by atoms with Crippen LogP contribution in [-0.2, 0) is 4.79 Å². The molecule has 1 amide bonds. The van der Waals surface area contributed by atoms with E-state index in [0.29, 0.717) is 10.1 Å². The van der Waals surface area contributed by atoms with Crippen molar-refractivity contribution in [1.82, 2.24) is 15.5 Å². The Kier molecular flexibility index (Phi) is 4.43. The molecule has 19 heavy (non-hydrogen) atoms. The van der Waals surface area contributed by atoms with Crippen molar-refractivity contribution in [2.45, 2.75) is 12.5 Å². The maximum absolute atomic E-state index is 11.7. The minimum Gasteiger partial charge on any atom is -0.396 e. The molecule has 1 aromatic heterocycles. The van der Waals surface area contributed by atoms with Gasteiger partial charge in [-0.2, -0.15) is 0 Å². The van der Waals surface area contributed by atoms with E-state index in [1.165, 1.54) is 11.3 Å². The largest absolute Gasteiger partial charge is 0.396 e. The first-order valence-electron chi connectivity index (χ1n) is 5.74. The van der Waals surface area contributed by atoms with E-state index in [4.69, 9.17) is 10.8 Å². The number of carbonyl (C=O) groups excluding carboxylic acids is 1.